The zero-order valence-corrected chi connectivity index (χ0v) is 11.7. The Morgan fingerprint density at radius 3 is 2.65 bits per heavy atom. The normalized spacial score (nSPS) is 17.8. The Labute approximate surface area is 107 Å². The lowest BCUT2D eigenvalue weighted by Gasteiger charge is -2.27. The van der Waals surface area contributed by atoms with Gasteiger partial charge in [0.2, 0.25) is 0 Å². The molecule has 17 heavy (non-hydrogen) atoms. The molecule has 0 unspecified atom stereocenters. The molecular formula is C14H30N2O. The van der Waals surface area contributed by atoms with Gasteiger partial charge in [0.15, 0.2) is 0 Å². The molecule has 1 aliphatic rings. The number of nitrogens with one attached hydrogen (secondary N) is 1. The number of hydrogen-bond donors (Lipinski definition) is 1. The lowest BCUT2D eigenvalue weighted by Crippen LogP contribution is -2.34. The number of nitrogens with zero attached hydrogens (tertiary/aromatic N) is 1. The quantitative estimate of drug-likeness (QED) is 0.627. The van der Waals surface area contributed by atoms with Gasteiger partial charge < -0.3 is 15.0 Å². The van der Waals surface area contributed by atoms with Crippen LogP contribution < -0.4 is 5.32 Å². The molecule has 1 fully saturated rings. The van der Waals surface area contributed by atoms with Crippen molar-refractivity contribution in [2.75, 3.05) is 46.4 Å². The highest BCUT2D eigenvalue weighted by molar-refractivity contribution is 4.67. The van der Waals surface area contributed by atoms with E-state index in [4.69, 9.17) is 4.74 Å². The molecule has 1 heterocycles. The van der Waals surface area contributed by atoms with Crippen molar-refractivity contribution in [3.63, 3.8) is 0 Å². The van der Waals surface area contributed by atoms with Crippen LogP contribution in [0.4, 0.5) is 0 Å². The largest absolute Gasteiger partial charge is 0.381 e. The summed E-state index contributed by atoms with van der Waals surface area (Å²) in [6, 6.07) is 0. The molecule has 0 spiro atoms. The monoisotopic (exact) mass is 242 g/mol. The van der Waals surface area contributed by atoms with E-state index >= 15 is 0 Å². The molecule has 1 N–H and O–H groups in total. The first kappa shape index (κ1) is 14.9. The Kier molecular flexibility index (Phi) is 8.67. The molecule has 0 aromatic rings. The predicted molar refractivity (Wildman–Crippen MR) is 73.4 cm³/mol. The zero-order valence-electron chi connectivity index (χ0n) is 11.7. The van der Waals surface area contributed by atoms with E-state index < -0.39 is 0 Å². The fourth-order valence-corrected chi connectivity index (χ4v) is 2.36. The maximum atomic E-state index is 5.39. The number of rotatable bonds is 9. The third-order valence-electron chi connectivity index (χ3n) is 3.54. The topological polar surface area (TPSA) is 24.5 Å². The molecule has 102 valence electrons. The Morgan fingerprint density at radius 2 is 1.94 bits per heavy atom. The molecule has 3 heteroatoms. The Bertz CT molecular complexity index is 170. The average Bonchev–Trinajstić information content (AvgIpc) is 2.35. The molecule has 0 aromatic heterocycles. The van der Waals surface area contributed by atoms with Crippen molar-refractivity contribution in [2.24, 2.45) is 5.92 Å². The van der Waals surface area contributed by atoms with E-state index in [2.05, 4.69) is 24.2 Å². The molecule has 0 aliphatic carbocycles. The van der Waals surface area contributed by atoms with Crippen LogP contribution in [-0.2, 0) is 4.74 Å². The van der Waals surface area contributed by atoms with Crippen LogP contribution in [0.5, 0.6) is 0 Å². The van der Waals surface area contributed by atoms with E-state index in [1.165, 1.54) is 51.7 Å². The van der Waals surface area contributed by atoms with E-state index in [1.807, 2.05) is 0 Å². The highest BCUT2D eigenvalue weighted by Gasteiger charge is 2.15. The first-order valence-electron chi connectivity index (χ1n) is 7.30. The number of likely N-dealkylation sites (N-methyl/N-ethyl adjacent to an activating group) is 1. The first-order valence-corrected chi connectivity index (χ1v) is 7.30. The summed E-state index contributed by atoms with van der Waals surface area (Å²) in [4.78, 5) is 2.46. The van der Waals surface area contributed by atoms with E-state index in [-0.39, 0.29) is 0 Å². The molecule has 3 nitrogen and oxygen atoms in total. The first-order chi connectivity index (χ1) is 8.33. The summed E-state index contributed by atoms with van der Waals surface area (Å²) < 4.78 is 5.39. The second-order valence-corrected chi connectivity index (χ2v) is 5.28. The van der Waals surface area contributed by atoms with Gasteiger partial charge in [-0.2, -0.15) is 0 Å². The van der Waals surface area contributed by atoms with Crippen LogP contribution in [0.15, 0.2) is 0 Å². The van der Waals surface area contributed by atoms with Gasteiger partial charge in [-0.25, -0.2) is 0 Å². The van der Waals surface area contributed by atoms with E-state index in [0.717, 1.165) is 25.7 Å². The maximum absolute atomic E-state index is 5.39. The number of unbranched alkanes of at least 4 members (excludes halogenated alkanes) is 2. The van der Waals surface area contributed by atoms with Crippen LogP contribution in [0.2, 0.25) is 0 Å². The Hall–Kier alpha value is -0.120. The third-order valence-corrected chi connectivity index (χ3v) is 3.54. The minimum Gasteiger partial charge on any atom is -0.381 e. The summed E-state index contributed by atoms with van der Waals surface area (Å²) in [5.41, 5.74) is 0. The van der Waals surface area contributed by atoms with E-state index in [0.29, 0.717) is 0 Å². The van der Waals surface area contributed by atoms with Crippen LogP contribution in [-0.4, -0.2) is 51.3 Å². The van der Waals surface area contributed by atoms with Crippen molar-refractivity contribution in [3.05, 3.63) is 0 Å². The van der Waals surface area contributed by atoms with Gasteiger partial charge in [-0.1, -0.05) is 19.8 Å². The number of ether oxygens (including phenoxy) is 1. The third kappa shape index (κ3) is 7.74. The predicted octanol–water partition coefficient (Wildman–Crippen LogP) is 2.12. The SMILES string of the molecule is CCCCCNCCN(C)CC1CCOCC1. The number of hydrogen-bond acceptors (Lipinski definition) is 3. The summed E-state index contributed by atoms with van der Waals surface area (Å²) in [6.07, 6.45) is 6.47. The molecule has 0 aromatic carbocycles. The highest BCUT2D eigenvalue weighted by atomic mass is 16.5. The second-order valence-electron chi connectivity index (χ2n) is 5.28. The van der Waals surface area contributed by atoms with E-state index in [9.17, 15) is 0 Å². The van der Waals surface area contributed by atoms with Crippen LogP contribution in [0.25, 0.3) is 0 Å². The van der Waals surface area contributed by atoms with Crippen LogP contribution in [0.3, 0.4) is 0 Å². The van der Waals surface area contributed by atoms with Gasteiger partial charge in [0.25, 0.3) is 0 Å². The highest BCUT2D eigenvalue weighted by Crippen LogP contribution is 2.15. The molecule has 0 amide bonds. The average molecular weight is 242 g/mol. The summed E-state index contributed by atoms with van der Waals surface area (Å²) >= 11 is 0. The van der Waals surface area contributed by atoms with Gasteiger partial charge in [0.05, 0.1) is 0 Å². The van der Waals surface area contributed by atoms with Crippen LogP contribution in [0, 0.1) is 5.92 Å². The van der Waals surface area contributed by atoms with Gasteiger partial charge in [0.1, 0.15) is 0 Å². The molecule has 0 bridgehead atoms. The van der Waals surface area contributed by atoms with Crippen molar-refractivity contribution >= 4 is 0 Å². The molecular weight excluding hydrogens is 212 g/mol. The smallest absolute Gasteiger partial charge is 0.0469 e. The molecule has 1 aliphatic heterocycles. The summed E-state index contributed by atoms with van der Waals surface area (Å²) in [5.74, 6) is 0.855. The van der Waals surface area contributed by atoms with Crippen molar-refractivity contribution < 1.29 is 4.74 Å². The summed E-state index contributed by atoms with van der Waals surface area (Å²) in [7, 11) is 2.24. The molecule has 1 saturated heterocycles. The summed E-state index contributed by atoms with van der Waals surface area (Å²) in [6.45, 7) is 8.90. The van der Waals surface area contributed by atoms with Gasteiger partial charge in [0, 0.05) is 32.8 Å². The minimum atomic E-state index is 0.855. The standard InChI is InChI=1S/C14H30N2O/c1-3-4-5-8-15-9-10-16(2)13-14-6-11-17-12-7-14/h14-15H,3-13H2,1-2H3. The van der Waals surface area contributed by atoms with Crippen molar-refractivity contribution in [2.45, 2.75) is 39.0 Å². The van der Waals surface area contributed by atoms with Crippen molar-refractivity contribution in [1.29, 1.82) is 0 Å². The zero-order chi connectivity index (χ0) is 12.3. The van der Waals surface area contributed by atoms with Crippen molar-refractivity contribution in [3.8, 4) is 0 Å². The van der Waals surface area contributed by atoms with Gasteiger partial charge in [-0.3, -0.25) is 0 Å². The Morgan fingerprint density at radius 1 is 1.18 bits per heavy atom. The minimum absolute atomic E-state index is 0.855. The Balaban J connectivity index is 1.91. The van der Waals surface area contributed by atoms with Gasteiger partial charge in [-0.15, -0.1) is 0 Å². The maximum Gasteiger partial charge on any atom is 0.0469 e. The lowest BCUT2D eigenvalue weighted by atomic mass is 10.00. The van der Waals surface area contributed by atoms with Gasteiger partial charge >= 0.3 is 0 Å². The fourth-order valence-electron chi connectivity index (χ4n) is 2.36. The molecule has 0 radical (unpaired) electrons. The van der Waals surface area contributed by atoms with Crippen LogP contribution in [0.1, 0.15) is 39.0 Å². The second kappa shape index (κ2) is 9.86. The van der Waals surface area contributed by atoms with Gasteiger partial charge in [-0.05, 0) is 38.8 Å². The van der Waals surface area contributed by atoms with Crippen molar-refractivity contribution in [1.82, 2.24) is 10.2 Å². The fraction of sp³-hybridized carbons (Fsp3) is 1.00. The molecule has 1 rings (SSSR count). The molecule has 0 atom stereocenters. The van der Waals surface area contributed by atoms with E-state index in [1.54, 1.807) is 0 Å². The lowest BCUT2D eigenvalue weighted by molar-refractivity contribution is 0.0558. The molecule has 0 saturated carbocycles. The summed E-state index contributed by atoms with van der Waals surface area (Å²) in [5, 5.41) is 3.52. The van der Waals surface area contributed by atoms with Crippen LogP contribution >= 0.6 is 0 Å².